The second kappa shape index (κ2) is 5.03. The smallest absolute Gasteiger partial charge is 0.150 e. The number of hydrogen-bond donors (Lipinski definition) is 1. The maximum atomic E-state index is 5.99. The minimum absolute atomic E-state index is 0.0273. The Morgan fingerprint density at radius 2 is 2.31 bits per heavy atom. The summed E-state index contributed by atoms with van der Waals surface area (Å²) in [6.45, 7) is 3.93. The molecular formula is C11H14N2OS2. The van der Waals surface area contributed by atoms with Crippen LogP contribution in [0.4, 0.5) is 0 Å². The Kier molecular flexibility index (Phi) is 3.68. The topological polar surface area (TPSA) is 52.0 Å². The molecule has 0 amide bonds. The molecule has 2 unspecified atom stereocenters. The van der Waals surface area contributed by atoms with Crippen LogP contribution in [-0.2, 0) is 0 Å². The summed E-state index contributed by atoms with van der Waals surface area (Å²) in [7, 11) is 0. The highest BCUT2D eigenvalue weighted by Gasteiger charge is 2.21. The second-order valence-electron chi connectivity index (χ2n) is 3.64. The summed E-state index contributed by atoms with van der Waals surface area (Å²) in [6, 6.07) is 3.98. The SMILES string of the molecule is Cc1ccc(C(Sc2nccs2)C(C)N)o1. The number of nitrogens with two attached hydrogens (primary N) is 1. The van der Waals surface area contributed by atoms with E-state index < -0.39 is 0 Å². The Hall–Kier alpha value is -0.780. The second-order valence-corrected chi connectivity index (χ2v) is 5.93. The van der Waals surface area contributed by atoms with Gasteiger partial charge in [-0.05, 0) is 26.0 Å². The quantitative estimate of drug-likeness (QED) is 0.851. The maximum absolute atomic E-state index is 5.99. The van der Waals surface area contributed by atoms with Crippen LogP contribution < -0.4 is 5.73 Å². The van der Waals surface area contributed by atoms with Gasteiger partial charge in [-0.2, -0.15) is 0 Å². The minimum atomic E-state index is 0.0273. The van der Waals surface area contributed by atoms with Crippen LogP contribution >= 0.6 is 23.1 Å². The first-order valence-corrected chi connectivity index (χ1v) is 6.81. The predicted octanol–water partition coefficient (Wildman–Crippen LogP) is 3.23. The van der Waals surface area contributed by atoms with Crippen LogP contribution in [0.2, 0.25) is 0 Å². The Labute approximate surface area is 103 Å². The molecule has 3 nitrogen and oxygen atoms in total. The lowest BCUT2D eigenvalue weighted by Crippen LogP contribution is -2.22. The van der Waals surface area contributed by atoms with Gasteiger partial charge in [-0.25, -0.2) is 4.98 Å². The van der Waals surface area contributed by atoms with E-state index in [0.717, 1.165) is 15.9 Å². The normalized spacial score (nSPS) is 14.9. The highest BCUT2D eigenvalue weighted by Crippen LogP contribution is 2.38. The molecule has 0 aromatic carbocycles. The molecule has 16 heavy (non-hydrogen) atoms. The van der Waals surface area contributed by atoms with Gasteiger partial charge in [0.2, 0.25) is 0 Å². The number of thiazole rings is 1. The lowest BCUT2D eigenvalue weighted by atomic mass is 10.2. The van der Waals surface area contributed by atoms with Crippen molar-refractivity contribution in [3.63, 3.8) is 0 Å². The molecular weight excluding hydrogens is 240 g/mol. The van der Waals surface area contributed by atoms with E-state index in [1.54, 1.807) is 29.3 Å². The van der Waals surface area contributed by atoms with Gasteiger partial charge < -0.3 is 10.2 Å². The molecule has 2 rings (SSSR count). The van der Waals surface area contributed by atoms with Crippen molar-refractivity contribution < 1.29 is 4.42 Å². The fourth-order valence-electron chi connectivity index (χ4n) is 1.41. The summed E-state index contributed by atoms with van der Waals surface area (Å²) in [6.07, 6.45) is 1.80. The molecule has 0 saturated carbocycles. The van der Waals surface area contributed by atoms with Gasteiger partial charge in [0.25, 0.3) is 0 Å². The summed E-state index contributed by atoms with van der Waals surface area (Å²) in [4.78, 5) is 4.26. The third-order valence-electron chi connectivity index (χ3n) is 2.16. The van der Waals surface area contributed by atoms with Crippen molar-refractivity contribution in [2.45, 2.75) is 29.5 Å². The molecule has 2 aromatic rings. The van der Waals surface area contributed by atoms with Crippen molar-refractivity contribution in [1.29, 1.82) is 0 Å². The van der Waals surface area contributed by atoms with Crippen LogP contribution in [0.3, 0.4) is 0 Å². The number of aromatic nitrogens is 1. The monoisotopic (exact) mass is 254 g/mol. The molecule has 5 heteroatoms. The lowest BCUT2D eigenvalue weighted by molar-refractivity contribution is 0.464. The van der Waals surface area contributed by atoms with Gasteiger partial charge >= 0.3 is 0 Å². The molecule has 0 radical (unpaired) electrons. The fraction of sp³-hybridized carbons (Fsp3) is 0.364. The predicted molar refractivity (Wildman–Crippen MR) is 67.8 cm³/mol. The van der Waals surface area contributed by atoms with E-state index in [1.165, 1.54) is 0 Å². The molecule has 86 valence electrons. The van der Waals surface area contributed by atoms with Crippen LogP contribution in [0.25, 0.3) is 0 Å². The fourth-order valence-corrected chi connectivity index (χ4v) is 3.26. The third-order valence-corrected chi connectivity index (χ3v) is 4.52. The molecule has 0 aliphatic carbocycles. The first-order chi connectivity index (χ1) is 7.66. The van der Waals surface area contributed by atoms with E-state index in [9.17, 15) is 0 Å². The summed E-state index contributed by atoms with van der Waals surface area (Å²) in [5.74, 6) is 1.84. The third kappa shape index (κ3) is 2.66. The van der Waals surface area contributed by atoms with Gasteiger partial charge in [-0.3, -0.25) is 0 Å². The summed E-state index contributed by atoms with van der Waals surface area (Å²) in [5.41, 5.74) is 5.99. The number of aryl methyl sites for hydroxylation is 1. The van der Waals surface area contributed by atoms with Crippen LogP contribution in [0.5, 0.6) is 0 Å². The molecule has 0 aliphatic rings. The first kappa shape index (κ1) is 11.7. The minimum Gasteiger partial charge on any atom is -0.465 e. The molecule has 0 spiro atoms. The van der Waals surface area contributed by atoms with Gasteiger partial charge in [0.05, 0.1) is 5.25 Å². The Morgan fingerprint density at radius 3 is 2.81 bits per heavy atom. The molecule has 0 aliphatic heterocycles. The van der Waals surface area contributed by atoms with E-state index in [1.807, 2.05) is 31.4 Å². The van der Waals surface area contributed by atoms with Crippen molar-refractivity contribution in [3.05, 3.63) is 35.2 Å². The highest BCUT2D eigenvalue weighted by atomic mass is 32.2. The maximum Gasteiger partial charge on any atom is 0.150 e. The molecule has 0 fully saturated rings. The average Bonchev–Trinajstić information content (AvgIpc) is 2.84. The molecule has 2 N–H and O–H groups in total. The number of thioether (sulfide) groups is 1. The van der Waals surface area contributed by atoms with E-state index >= 15 is 0 Å². The van der Waals surface area contributed by atoms with Crippen molar-refractivity contribution in [2.24, 2.45) is 5.73 Å². The van der Waals surface area contributed by atoms with Crippen molar-refractivity contribution in [1.82, 2.24) is 4.98 Å². The van der Waals surface area contributed by atoms with Gasteiger partial charge in [0.15, 0.2) is 4.34 Å². The van der Waals surface area contributed by atoms with E-state index in [2.05, 4.69) is 4.98 Å². The zero-order valence-corrected chi connectivity index (χ0v) is 10.8. The lowest BCUT2D eigenvalue weighted by Gasteiger charge is -2.16. The van der Waals surface area contributed by atoms with Crippen LogP contribution in [0, 0.1) is 6.92 Å². The zero-order valence-electron chi connectivity index (χ0n) is 9.21. The Balaban J connectivity index is 2.18. The molecule has 2 aromatic heterocycles. The average molecular weight is 254 g/mol. The molecule has 2 atom stereocenters. The summed E-state index contributed by atoms with van der Waals surface area (Å²) < 4.78 is 6.66. The van der Waals surface area contributed by atoms with Gasteiger partial charge in [-0.1, -0.05) is 11.8 Å². The van der Waals surface area contributed by atoms with Crippen molar-refractivity contribution in [2.75, 3.05) is 0 Å². The molecule has 0 saturated heterocycles. The highest BCUT2D eigenvalue weighted by molar-refractivity contribution is 8.01. The standard InChI is InChI=1S/C11H14N2OS2/c1-7-3-4-9(14-7)10(8(2)12)16-11-13-5-6-15-11/h3-6,8,10H,12H2,1-2H3. The van der Waals surface area contributed by atoms with E-state index in [0.29, 0.717) is 0 Å². The first-order valence-electron chi connectivity index (χ1n) is 5.05. The number of rotatable bonds is 4. The van der Waals surface area contributed by atoms with Gasteiger partial charge in [-0.15, -0.1) is 11.3 Å². The van der Waals surface area contributed by atoms with E-state index in [-0.39, 0.29) is 11.3 Å². The zero-order chi connectivity index (χ0) is 11.5. The molecule has 2 heterocycles. The largest absolute Gasteiger partial charge is 0.465 e. The summed E-state index contributed by atoms with van der Waals surface area (Å²) >= 11 is 3.28. The van der Waals surface area contributed by atoms with Gasteiger partial charge in [0, 0.05) is 17.6 Å². The summed E-state index contributed by atoms with van der Waals surface area (Å²) in [5, 5.41) is 2.09. The molecule has 0 bridgehead atoms. The Bertz CT molecular complexity index is 437. The van der Waals surface area contributed by atoms with Crippen molar-refractivity contribution >= 4 is 23.1 Å². The van der Waals surface area contributed by atoms with Crippen LogP contribution in [0.1, 0.15) is 23.7 Å². The van der Waals surface area contributed by atoms with Crippen LogP contribution in [0.15, 0.2) is 32.5 Å². The number of furan rings is 1. The van der Waals surface area contributed by atoms with Crippen LogP contribution in [-0.4, -0.2) is 11.0 Å². The van der Waals surface area contributed by atoms with Gasteiger partial charge in [0.1, 0.15) is 11.5 Å². The number of hydrogen-bond acceptors (Lipinski definition) is 5. The van der Waals surface area contributed by atoms with E-state index in [4.69, 9.17) is 10.2 Å². The number of nitrogens with zero attached hydrogens (tertiary/aromatic N) is 1. The van der Waals surface area contributed by atoms with Crippen molar-refractivity contribution in [3.8, 4) is 0 Å². The Morgan fingerprint density at radius 1 is 1.50 bits per heavy atom.